The van der Waals surface area contributed by atoms with Gasteiger partial charge in [-0.3, -0.25) is 0 Å². The van der Waals surface area contributed by atoms with Gasteiger partial charge in [-0.25, -0.2) is 14.4 Å². The average molecular weight is 364 g/mol. The second-order valence-electron chi connectivity index (χ2n) is 7.46. The number of fused-ring (bicyclic) bond motifs is 5. The van der Waals surface area contributed by atoms with Crippen LogP contribution in [0.4, 0.5) is 15.9 Å². The van der Waals surface area contributed by atoms with Crippen molar-refractivity contribution in [2.24, 2.45) is 5.92 Å². The minimum atomic E-state index is -0.288. The maximum atomic E-state index is 13.8. The highest BCUT2D eigenvalue weighted by Gasteiger charge is 2.28. The van der Waals surface area contributed by atoms with E-state index >= 15 is 0 Å². The molecule has 27 heavy (non-hydrogen) atoms. The van der Waals surface area contributed by atoms with E-state index in [0.717, 1.165) is 54.0 Å². The van der Waals surface area contributed by atoms with Crippen LogP contribution in [0.25, 0.3) is 22.5 Å². The highest BCUT2D eigenvalue weighted by Crippen LogP contribution is 2.44. The molecule has 3 heterocycles. The first-order valence-electron chi connectivity index (χ1n) is 9.46. The normalized spacial score (nSPS) is 20.8. The number of aliphatic hydroxyl groups is 1. The summed E-state index contributed by atoms with van der Waals surface area (Å²) in [7, 11) is 0. The highest BCUT2D eigenvalue weighted by molar-refractivity contribution is 5.94. The van der Waals surface area contributed by atoms with Gasteiger partial charge in [-0.2, -0.15) is 0 Å². The van der Waals surface area contributed by atoms with Crippen molar-refractivity contribution in [2.75, 3.05) is 11.9 Å². The number of hydrogen-bond donors (Lipinski definition) is 3. The molecule has 1 saturated carbocycles. The van der Waals surface area contributed by atoms with Crippen molar-refractivity contribution in [3.63, 3.8) is 0 Å². The number of benzene rings is 1. The quantitative estimate of drug-likeness (QED) is 0.486. The number of aliphatic hydroxyl groups excluding tert-OH is 1. The van der Waals surface area contributed by atoms with Crippen LogP contribution in [-0.4, -0.2) is 26.7 Å². The first-order valence-corrected chi connectivity index (χ1v) is 9.46. The van der Waals surface area contributed by atoms with Crippen LogP contribution in [-0.2, 0) is 0 Å². The molecule has 3 N–H and O–H groups in total. The van der Waals surface area contributed by atoms with Gasteiger partial charge in [-0.1, -0.05) is 0 Å². The van der Waals surface area contributed by atoms with E-state index in [9.17, 15) is 9.50 Å². The molecule has 0 radical (unpaired) electrons. The van der Waals surface area contributed by atoms with Crippen LogP contribution in [0.1, 0.15) is 37.4 Å². The van der Waals surface area contributed by atoms with Gasteiger partial charge < -0.3 is 15.4 Å². The highest BCUT2D eigenvalue weighted by atomic mass is 19.1. The standard InChI is InChI=1S/C21H21FN4O/c22-14-7-8-15-17(10-14)24-21-16(2-1-9-23-21)19-18(15)25-20(26-19)13-5-3-12(11-27)4-6-13/h1-2,7-10,12-13,27H,3-6,11H2,(H,23,24)(H,25,26). The third-order valence-corrected chi connectivity index (χ3v) is 5.78. The van der Waals surface area contributed by atoms with Crippen LogP contribution >= 0.6 is 0 Å². The summed E-state index contributed by atoms with van der Waals surface area (Å²) in [5, 5.41) is 12.6. The molecule has 138 valence electrons. The molecule has 0 atom stereocenters. The Morgan fingerprint density at radius 2 is 1.96 bits per heavy atom. The lowest BCUT2D eigenvalue weighted by atomic mass is 9.82. The van der Waals surface area contributed by atoms with Gasteiger partial charge >= 0.3 is 0 Å². The van der Waals surface area contributed by atoms with Crippen LogP contribution in [0.3, 0.4) is 0 Å². The zero-order valence-electron chi connectivity index (χ0n) is 14.9. The molecule has 0 unspecified atom stereocenters. The first kappa shape index (κ1) is 16.4. The van der Waals surface area contributed by atoms with Crippen LogP contribution in [0.15, 0.2) is 36.5 Å². The Labute approximate surface area is 156 Å². The summed E-state index contributed by atoms with van der Waals surface area (Å²) < 4.78 is 13.8. The number of nitrogens with one attached hydrogen (secondary N) is 2. The number of aromatic amines is 1. The molecule has 0 bridgehead atoms. The van der Waals surface area contributed by atoms with Gasteiger partial charge in [-0.15, -0.1) is 0 Å². The Hall–Kier alpha value is -2.73. The maximum absolute atomic E-state index is 13.8. The smallest absolute Gasteiger partial charge is 0.139 e. The second-order valence-corrected chi connectivity index (χ2v) is 7.46. The number of imidazole rings is 1. The molecule has 2 aliphatic rings. The Bertz CT molecular complexity index is 992. The number of hydrogen-bond acceptors (Lipinski definition) is 4. The van der Waals surface area contributed by atoms with Gasteiger partial charge in [0, 0.05) is 29.8 Å². The lowest BCUT2D eigenvalue weighted by Crippen LogP contribution is -2.16. The van der Waals surface area contributed by atoms with E-state index in [1.807, 2.05) is 12.1 Å². The summed E-state index contributed by atoms with van der Waals surface area (Å²) in [4.78, 5) is 12.9. The monoisotopic (exact) mass is 364 g/mol. The number of aromatic nitrogens is 3. The summed E-state index contributed by atoms with van der Waals surface area (Å²) in [5.41, 5.74) is 4.26. The fourth-order valence-electron chi connectivity index (χ4n) is 4.25. The number of halogens is 1. The summed E-state index contributed by atoms with van der Waals surface area (Å²) >= 11 is 0. The minimum Gasteiger partial charge on any atom is -0.396 e. The number of H-pyrrole nitrogens is 1. The maximum Gasteiger partial charge on any atom is 0.139 e. The largest absolute Gasteiger partial charge is 0.396 e. The summed E-state index contributed by atoms with van der Waals surface area (Å²) in [6, 6.07) is 8.63. The van der Waals surface area contributed by atoms with Crippen molar-refractivity contribution in [2.45, 2.75) is 31.6 Å². The van der Waals surface area contributed by atoms with Crippen molar-refractivity contribution in [1.29, 1.82) is 0 Å². The van der Waals surface area contributed by atoms with E-state index < -0.39 is 0 Å². The van der Waals surface area contributed by atoms with Gasteiger partial charge in [0.2, 0.25) is 0 Å². The molecule has 3 aromatic rings. The van der Waals surface area contributed by atoms with Gasteiger partial charge in [0.05, 0.1) is 11.4 Å². The Balaban J connectivity index is 1.62. The average Bonchev–Trinajstić information content (AvgIpc) is 3.09. The van der Waals surface area contributed by atoms with Crippen LogP contribution < -0.4 is 5.32 Å². The summed E-state index contributed by atoms with van der Waals surface area (Å²) in [6.45, 7) is 0.269. The van der Waals surface area contributed by atoms with Crippen molar-refractivity contribution in [3.05, 3.63) is 48.2 Å². The third kappa shape index (κ3) is 2.80. The third-order valence-electron chi connectivity index (χ3n) is 5.78. The molecular weight excluding hydrogens is 343 g/mol. The molecule has 0 amide bonds. The van der Waals surface area contributed by atoms with Gasteiger partial charge in [0.1, 0.15) is 23.2 Å². The van der Waals surface area contributed by atoms with Crippen molar-refractivity contribution in [3.8, 4) is 22.5 Å². The molecule has 1 aliphatic heterocycles. The van der Waals surface area contributed by atoms with Crippen LogP contribution in [0.5, 0.6) is 0 Å². The zero-order valence-corrected chi connectivity index (χ0v) is 14.9. The summed E-state index contributed by atoms with van der Waals surface area (Å²) in [5.74, 6) is 2.14. The van der Waals surface area contributed by atoms with E-state index in [1.165, 1.54) is 12.1 Å². The molecule has 2 aromatic heterocycles. The molecule has 1 fully saturated rings. The first-order chi connectivity index (χ1) is 13.2. The number of rotatable bonds is 2. The molecule has 0 spiro atoms. The lowest BCUT2D eigenvalue weighted by molar-refractivity contribution is 0.181. The van der Waals surface area contributed by atoms with Crippen molar-refractivity contribution in [1.82, 2.24) is 15.0 Å². The molecular formula is C21H21FN4O. The summed E-state index contributed by atoms with van der Waals surface area (Å²) in [6.07, 6.45) is 5.81. The molecule has 1 aliphatic carbocycles. The number of pyridine rings is 1. The van der Waals surface area contributed by atoms with Crippen LogP contribution in [0.2, 0.25) is 0 Å². The molecule has 6 heteroatoms. The number of nitrogens with zero attached hydrogens (tertiary/aromatic N) is 2. The fourth-order valence-corrected chi connectivity index (χ4v) is 4.25. The second kappa shape index (κ2) is 6.46. The molecule has 5 rings (SSSR count). The zero-order chi connectivity index (χ0) is 18.4. The molecule has 5 nitrogen and oxygen atoms in total. The van der Waals surface area contributed by atoms with Crippen LogP contribution in [0, 0.1) is 11.7 Å². The van der Waals surface area contributed by atoms with E-state index in [0.29, 0.717) is 23.3 Å². The SMILES string of the molecule is OCC1CCC(c2nc3c([nH]2)-c2ccc(F)cc2Nc2ncccc2-3)CC1. The van der Waals surface area contributed by atoms with E-state index in [2.05, 4.69) is 15.3 Å². The van der Waals surface area contributed by atoms with Gasteiger partial charge in [0.15, 0.2) is 0 Å². The van der Waals surface area contributed by atoms with Crippen molar-refractivity contribution < 1.29 is 9.50 Å². The Kier molecular flexibility index (Phi) is 3.93. The van der Waals surface area contributed by atoms with E-state index in [1.54, 1.807) is 12.3 Å². The predicted octanol–water partition coefficient (Wildman–Crippen LogP) is 4.60. The van der Waals surface area contributed by atoms with Gasteiger partial charge in [-0.05, 0) is 61.9 Å². The minimum absolute atomic E-state index is 0.269. The topological polar surface area (TPSA) is 73.8 Å². The predicted molar refractivity (Wildman–Crippen MR) is 102 cm³/mol. The number of anilines is 2. The lowest BCUT2D eigenvalue weighted by Gasteiger charge is -2.25. The molecule has 0 saturated heterocycles. The van der Waals surface area contributed by atoms with E-state index in [-0.39, 0.29) is 12.4 Å². The van der Waals surface area contributed by atoms with Gasteiger partial charge in [0.25, 0.3) is 0 Å². The van der Waals surface area contributed by atoms with Crippen molar-refractivity contribution >= 4 is 11.5 Å². The van der Waals surface area contributed by atoms with E-state index in [4.69, 9.17) is 4.98 Å². The fraction of sp³-hybridized carbons (Fsp3) is 0.333. The molecule has 1 aromatic carbocycles. The Morgan fingerprint density at radius 1 is 1.11 bits per heavy atom. The Morgan fingerprint density at radius 3 is 2.78 bits per heavy atom.